The summed E-state index contributed by atoms with van der Waals surface area (Å²) in [6, 6.07) is 8.32. The van der Waals surface area contributed by atoms with Gasteiger partial charge in [0, 0.05) is 5.56 Å². The van der Waals surface area contributed by atoms with Crippen LogP contribution < -0.4 is 10.1 Å². The van der Waals surface area contributed by atoms with Crippen LogP contribution in [0.25, 0.3) is 6.08 Å². The van der Waals surface area contributed by atoms with E-state index in [0.717, 1.165) is 25.3 Å². The number of benzene rings is 1. The van der Waals surface area contributed by atoms with Gasteiger partial charge in [-0.3, -0.25) is 0 Å². The minimum absolute atomic E-state index is 0.0693. The van der Waals surface area contributed by atoms with Crippen LogP contribution in [0.5, 0.6) is 5.75 Å². The third-order valence-corrected chi connectivity index (χ3v) is 3.86. The molecule has 2 nitrogen and oxygen atoms in total. The van der Waals surface area contributed by atoms with Gasteiger partial charge in [0.15, 0.2) is 0 Å². The van der Waals surface area contributed by atoms with Crippen molar-refractivity contribution in [1.82, 2.24) is 5.32 Å². The van der Waals surface area contributed by atoms with Crippen LogP contribution in [-0.4, -0.2) is 18.7 Å². The molecule has 0 saturated heterocycles. The molecule has 1 N–H and O–H groups in total. The Kier molecular flexibility index (Phi) is 5.03. The van der Waals surface area contributed by atoms with Gasteiger partial charge in [-0.1, -0.05) is 37.3 Å². The van der Waals surface area contributed by atoms with Crippen molar-refractivity contribution in [3.05, 3.63) is 35.9 Å². The molecule has 1 aromatic rings. The molecule has 0 spiro atoms. The first-order chi connectivity index (χ1) is 9.29. The lowest BCUT2D eigenvalue weighted by Crippen LogP contribution is -2.45. The van der Waals surface area contributed by atoms with Crippen LogP contribution >= 0.6 is 0 Å². The lowest BCUT2D eigenvalue weighted by Gasteiger charge is -2.42. The first-order valence-electron chi connectivity index (χ1n) is 7.41. The van der Waals surface area contributed by atoms with E-state index in [0.29, 0.717) is 0 Å². The summed E-state index contributed by atoms with van der Waals surface area (Å²) in [6.07, 6.45) is 8.94. The molecule has 104 valence electrons. The van der Waals surface area contributed by atoms with E-state index in [4.69, 9.17) is 4.74 Å². The Morgan fingerprint density at radius 1 is 1.32 bits per heavy atom. The monoisotopic (exact) mass is 259 g/mol. The third kappa shape index (κ3) is 3.60. The smallest absolute Gasteiger partial charge is 0.127 e. The number of para-hydroxylation sites is 1. The lowest BCUT2D eigenvalue weighted by atomic mass is 9.77. The van der Waals surface area contributed by atoms with Crippen molar-refractivity contribution in [1.29, 1.82) is 0 Å². The van der Waals surface area contributed by atoms with Crippen molar-refractivity contribution in [2.24, 2.45) is 0 Å². The summed E-state index contributed by atoms with van der Waals surface area (Å²) in [5.41, 5.74) is 1.25. The molecule has 2 rings (SSSR count). The predicted octanol–water partition coefficient (Wildman–Crippen LogP) is 4.02. The molecule has 19 heavy (non-hydrogen) atoms. The van der Waals surface area contributed by atoms with E-state index in [-0.39, 0.29) is 5.60 Å². The Bertz CT molecular complexity index is 421. The molecule has 0 amide bonds. The zero-order valence-corrected chi connectivity index (χ0v) is 12.1. The normalized spacial score (nSPS) is 17.4. The van der Waals surface area contributed by atoms with Gasteiger partial charge in [-0.05, 0) is 51.8 Å². The molecular weight excluding hydrogens is 234 g/mol. The van der Waals surface area contributed by atoms with Gasteiger partial charge in [0.1, 0.15) is 11.4 Å². The molecule has 0 unspecified atom stereocenters. The molecule has 2 heteroatoms. The highest BCUT2D eigenvalue weighted by atomic mass is 16.5. The van der Waals surface area contributed by atoms with Gasteiger partial charge in [0.2, 0.25) is 0 Å². The molecule has 1 saturated carbocycles. The Morgan fingerprint density at radius 3 is 2.74 bits per heavy atom. The zero-order chi connectivity index (χ0) is 13.6. The summed E-state index contributed by atoms with van der Waals surface area (Å²) in [7, 11) is 0. The Morgan fingerprint density at radius 2 is 2.11 bits per heavy atom. The van der Waals surface area contributed by atoms with E-state index < -0.39 is 0 Å². The van der Waals surface area contributed by atoms with Gasteiger partial charge in [-0.25, -0.2) is 0 Å². The topological polar surface area (TPSA) is 21.3 Å². The van der Waals surface area contributed by atoms with Gasteiger partial charge in [-0.2, -0.15) is 0 Å². The maximum atomic E-state index is 6.38. The zero-order valence-electron chi connectivity index (χ0n) is 12.1. The highest BCUT2D eigenvalue weighted by Gasteiger charge is 2.39. The molecule has 1 fully saturated rings. The molecule has 1 aliphatic carbocycles. The van der Waals surface area contributed by atoms with Gasteiger partial charge in [-0.15, -0.1) is 0 Å². The first kappa shape index (κ1) is 14.1. The maximum absolute atomic E-state index is 6.38. The van der Waals surface area contributed by atoms with E-state index >= 15 is 0 Å². The summed E-state index contributed by atoms with van der Waals surface area (Å²) in [5.74, 6) is 1.02. The van der Waals surface area contributed by atoms with Crippen molar-refractivity contribution in [3.63, 3.8) is 0 Å². The van der Waals surface area contributed by atoms with E-state index in [1.54, 1.807) is 0 Å². The minimum Gasteiger partial charge on any atom is -0.487 e. The molecule has 0 aliphatic heterocycles. The van der Waals surface area contributed by atoms with Crippen LogP contribution in [0.1, 0.15) is 45.1 Å². The van der Waals surface area contributed by atoms with Gasteiger partial charge in [0.05, 0.1) is 0 Å². The van der Waals surface area contributed by atoms with Gasteiger partial charge in [0.25, 0.3) is 0 Å². The second kappa shape index (κ2) is 6.76. The van der Waals surface area contributed by atoms with Crippen molar-refractivity contribution < 1.29 is 4.74 Å². The number of nitrogens with one attached hydrogen (secondary N) is 1. The highest BCUT2D eigenvalue weighted by molar-refractivity contribution is 5.57. The molecule has 0 heterocycles. The summed E-state index contributed by atoms with van der Waals surface area (Å²) in [6.45, 7) is 6.27. The van der Waals surface area contributed by atoms with Gasteiger partial charge < -0.3 is 10.1 Å². The van der Waals surface area contributed by atoms with Gasteiger partial charge >= 0.3 is 0 Å². The number of hydrogen-bond acceptors (Lipinski definition) is 2. The van der Waals surface area contributed by atoms with Crippen molar-refractivity contribution in [2.75, 3.05) is 13.1 Å². The van der Waals surface area contributed by atoms with Crippen LogP contribution in [0.15, 0.2) is 30.3 Å². The number of rotatable bonds is 7. The van der Waals surface area contributed by atoms with Crippen molar-refractivity contribution in [3.8, 4) is 5.75 Å². The lowest BCUT2D eigenvalue weighted by molar-refractivity contribution is -0.0143. The first-order valence-corrected chi connectivity index (χ1v) is 7.41. The molecule has 0 bridgehead atoms. The number of allylic oxidation sites excluding steroid dienone is 1. The van der Waals surface area contributed by atoms with E-state index in [9.17, 15) is 0 Å². The van der Waals surface area contributed by atoms with Crippen molar-refractivity contribution >= 4 is 6.08 Å². The van der Waals surface area contributed by atoms with Crippen LogP contribution in [-0.2, 0) is 0 Å². The van der Waals surface area contributed by atoms with E-state index in [1.165, 1.54) is 24.8 Å². The molecule has 1 aliphatic rings. The Balaban J connectivity index is 2.05. The molecule has 0 radical (unpaired) electrons. The standard InChI is InChI=1S/C17H25NO/c1-3-8-15-9-5-6-10-16(15)19-17(11-7-12-17)13-14-18-4-2/h3,5-6,8-10,18H,4,7,11-14H2,1-2H3/b8-3+. The second-order valence-corrected chi connectivity index (χ2v) is 5.28. The van der Waals surface area contributed by atoms with Crippen LogP contribution in [0.3, 0.4) is 0 Å². The third-order valence-electron chi connectivity index (χ3n) is 3.86. The highest BCUT2D eigenvalue weighted by Crippen LogP contribution is 2.40. The summed E-state index contributed by atoms with van der Waals surface area (Å²) >= 11 is 0. The molecule has 1 aromatic carbocycles. The second-order valence-electron chi connectivity index (χ2n) is 5.28. The van der Waals surface area contributed by atoms with E-state index in [2.05, 4.69) is 48.7 Å². The summed E-state index contributed by atoms with van der Waals surface area (Å²) < 4.78 is 6.38. The fourth-order valence-electron chi connectivity index (χ4n) is 2.59. The summed E-state index contributed by atoms with van der Waals surface area (Å²) in [4.78, 5) is 0. The van der Waals surface area contributed by atoms with Crippen LogP contribution in [0.4, 0.5) is 0 Å². The predicted molar refractivity (Wildman–Crippen MR) is 81.5 cm³/mol. The molecule has 0 aromatic heterocycles. The fourth-order valence-corrected chi connectivity index (χ4v) is 2.59. The SMILES string of the molecule is C/C=C/c1ccccc1OC1(CCNCC)CCC1. The quantitative estimate of drug-likeness (QED) is 0.747. The summed E-state index contributed by atoms with van der Waals surface area (Å²) in [5, 5.41) is 3.40. The Hall–Kier alpha value is -1.28. The average Bonchev–Trinajstić information content (AvgIpc) is 2.38. The van der Waals surface area contributed by atoms with E-state index in [1.807, 2.05) is 6.92 Å². The Labute approximate surface area is 116 Å². The fraction of sp³-hybridized carbons (Fsp3) is 0.529. The number of hydrogen-bond donors (Lipinski definition) is 1. The minimum atomic E-state index is 0.0693. The maximum Gasteiger partial charge on any atom is 0.127 e. The van der Waals surface area contributed by atoms with Crippen LogP contribution in [0, 0.1) is 0 Å². The number of ether oxygens (including phenoxy) is 1. The largest absolute Gasteiger partial charge is 0.487 e. The average molecular weight is 259 g/mol. The molecule has 0 atom stereocenters. The van der Waals surface area contributed by atoms with Crippen LogP contribution in [0.2, 0.25) is 0 Å². The van der Waals surface area contributed by atoms with Crippen molar-refractivity contribution in [2.45, 2.75) is 45.1 Å². The molecular formula is C17H25NO.